The maximum Gasteiger partial charge on any atom is -0.0105 e. The molecule has 5 rings (SSSR count). The van der Waals surface area contributed by atoms with E-state index in [2.05, 4.69) is 60.7 Å². The summed E-state index contributed by atoms with van der Waals surface area (Å²) in [6, 6.07) is 23.2. The topological polar surface area (TPSA) is 0 Å². The van der Waals surface area contributed by atoms with Crippen molar-refractivity contribution in [3.05, 3.63) is 82.9 Å². The maximum atomic E-state index is 2.45. The van der Waals surface area contributed by atoms with Gasteiger partial charge in [0.2, 0.25) is 0 Å². The summed E-state index contributed by atoms with van der Waals surface area (Å²) >= 11 is 0. The van der Waals surface area contributed by atoms with Crippen LogP contribution in [0.2, 0.25) is 0 Å². The van der Waals surface area contributed by atoms with Crippen LogP contribution in [0.5, 0.6) is 0 Å². The van der Waals surface area contributed by atoms with Crippen LogP contribution in [0.25, 0.3) is 22.3 Å². The van der Waals surface area contributed by atoms with Crippen molar-refractivity contribution < 1.29 is 0 Å². The minimum atomic E-state index is 1.24. The van der Waals surface area contributed by atoms with Crippen LogP contribution in [0.4, 0.5) is 0 Å². The standard InChI is InChI=1S/C26H26/c1-3-9-21-17-23(15-13-19(21)7-1)25-11-5-6-12-26(25)24-16-14-20-8-2-4-10-22(20)18-24/h5-6,11-18H,1-4,7-10H2. The Morgan fingerprint density at radius 3 is 1.31 bits per heavy atom. The van der Waals surface area contributed by atoms with E-state index in [4.69, 9.17) is 0 Å². The summed E-state index contributed by atoms with van der Waals surface area (Å²) in [4.78, 5) is 0. The SMILES string of the molecule is c1ccc(-c2ccc3c(c2)CCCC3)c(-c2ccc3c(c2)CCCC3)c1. The molecule has 0 saturated carbocycles. The Balaban J connectivity index is 1.60. The van der Waals surface area contributed by atoms with Crippen molar-refractivity contribution >= 4 is 0 Å². The fourth-order valence-corrected chi connectivity index (χ4v) is 4.79. The van der Waals surface area contributed by atoms with Crippen LogP contribution >= 0.6 is 0 Å². The van der Waals surface area contributed by atoms with Gasteiger partial charge in [0, 0.05) is 0 Å². The number of fused-ring (bicyclic) bond motifs is 2. The molecule has 0 radical (unpaired) electrons. The summed E-state index contributed by atoms with van der Waals surface area (Å²) in [6.45, 7) is 0. The molecule has 0 aromatic heterocycles. The Hall–Kier alpha value is -2.34. The molecule has 0 nitrogen and oxygen atoms in total. The van der Waals surface area contributed by atoms with Gasteiger partial charge in [-0.25, -0.2) is 0 Å². The van der Waals surface area contributed by atoms with Crippen LogP contribution in [0, 0.1) is 0 Å². The van der Waals surface area contributed by atoms with E-state index in [0.717, 1.165) is 0 Å². The van der Waals surface area contributed by atoms with Crippen molar-refractivity contribution in [3.63, 3.8) is 0 Å². The molecule has 3 aromatic rings. The number of benzene rings is 3. The lowest BCUT2D eigenvalue weighted by atomic mass is 9.85. The molecule has 130 valence electrons. The van der Waals surface area contributed by atoms with Crippen LogP contribution in [-0.4, -0.2) is 0 Å². The van der Waals surface area contributed by atoms with Crippen LogP contribution in [-0.2, 0) is 25.7 Å². The molecule has 3 aromatic carbocycles. The fraction of sp³-hybridized carbons (Fsp3) is 0.308. The molecule has 0 amide bonds. The van der Waals surface area contributed by atoms with Crippen LogP contribution in [0.15, 0.2) is 60.7 Å². The Kier molecular flexibility index (Phi) is 4.13. The first-order chi connectivity index (χ1) is 12.9. The lowest BCUT2D eigenvalue weighted by molar-refractivity contribution is 0.686. The quantitative estimate of drug-likeness (QED) is 0.483. The highest BCUT2D eigenvalue weighted by molar-refractivity contribution is 5.84. The van der Waals surface area contributed by atoms with Gasteiger partial charge >= 0.3 is 0 Å². The van der Waals surface area contributed by atoms with Crippen LogP contribution in [0.3, 0.4) is 0 Å². The molecule has 0 fully saturated rings. The first kappa shape index (κ1) is 15.9. The summed E-state index contributed by atoms with van der Waals surface area (Å²) in [5, 5.41) is 0. The van der Waals surface area contributed by atoms with Crippen LogP contribution < -0.4 is 0 Å². The van der Waals surface area contributed by atoms with Crippen molar-refractivity contribution in [3.8, 4) is 22.3 Å². The fourth-order valence-electron chi connectivity index (χ4n) is 4.79. The Morgan fingerprint density at radius 2 is 0.846 bits per heavy atom. The molecule has 0 heteroatoms. The van der Waals surface area contributed by atoms with Gasteiger partial charge in [-0.2, -0.15) is 0 Å². The largest absolute Gasteiger partial charge is 0.0616 e. The first-order valence-electron chi connectivity index (χ1n) is 10.2. The second kappa shape index (κ2) is 6.76. The monoisotopic (exact) mass is 338 g/mol. The molecule has 0 atom stereocenters. The second-order valence-electron chi connectivity index (χ2n) is 7.93. The zero-order valence-corrected chi connectivity index (χ0v) is 15.4. The van der Waals surface area contributed by atoms with Gasteiger partial charge < -0.3 is 0 Å². The molecule has 2 aliphatic carbocycles. The van der Waals surface area contributed by atoms with Crippen molar-refractivity contribution in [2.45, 2.75) is 51.4 Å². The maximum absolute atomic E-state index is 2.45. The third-order valence-electron chi connectivity index (χ3n) is 6.25. The minimum Gasteiger partial charge on any atom is -0.0616 e. The highest BCUT2D eigenvalue weighted by Gasteiger charge is 2.14. The van der Waals surface area contributed by atoms with Crippen molar-refractivity contribution in [1.82, 2.24) is 0 Å². The average molecular weight is 338 g/mol. The van der Waals surface area contributed by atoms with Gasteiger partial charge in [0.05, 0.1) is 0 Å². The molecule has 0 bridgehead atoms. The van der Waals surface area contributed by atoms with Gasteiger partial charge in [0.25, 0.3) is 0 Å². The van der Waals surface area contributed by atoms with Gasteiger partial charge in [0.15, 0.2) is 0 Å². The number of hydrogen-bond acceptors (Lipinski definition) is 0. The van der Waals surface area contributed by atoms with Crippen molar-refractivity contribution in [2.24, 2.45) is 0 Å². The van der Waals surface area contributed by atoms with Crippen LogP contribution in [0.1, 0.15) is 47.9 Å². The molecule has 0 aliphatic heterocycles. The Bertz CT molecular complexity index is 870. The minimum absolute atomic E-state index is 1.24. The third kappa shape index (κ3) is 2.88. The molecule has 0 N–H and O–H groups in total. The van der Waals surface area contributed by atoms with E-state index in [1.54, 1.807) is 22.3 Å². The number of aryl methyl sites for hydroxylation is 4. The lowest BCUT2D eigenvalue weighted by Gasteiger charge is -2.19. The summed E-state index contributed by atoms with van der Waals surface area (Å²) in [6.07, 6.45) is 10.3. The molecular weight excluding hydrogens is 312 g/mol. The molecule has 0 saturated heterocycles. The average Bonchev–Trinajstić information content (AvgIpc) is 2.73. The van der Waals surface area contributed by atoms with E-state index < -0.39 is 0 Å². The molecule has 26 heavy (non-hydrogen) atoms. The van der Waals surface area contributed by atoms with E-state index in [0.29, 0.717) is 0 Å². The first-order valence-corrected chi connectivity index (χ1v) is 10.2. The van der Waals surface area contributed by atoms with E-state index in [1.165, 1.54) is 73.6 Å². The molecule has 2 aliphatic rings. The molecule has 0 unspecified atom stereocenters. The molecule has 0 spiro atoms. The van der Waals surface area contributed by atoms with E-state index >= 15 is 0 Å². The normalized spacial score (nSPS) is 16.0. The molecular formula is C26H26. The van der Waals surface area contributed by atoms with E-state index in [1.807, 2.05) is 0 Å². The van der Waals surface area contributed by atoms with Gasteiger partial charge in [-0.1, -0.05) is 60.7 Å². The highest BCUT2D eigenvalue weighted by Crippen LogP contribution is 2.36. The van der Waals surface area contributed by atoms with Gasteiger partial charge in [0.1, 0.15) is 0 Å². The number of rotatable bonds is 2. The smallest absolute Gasteiger partial charge is 0.0105 e. The predicted octanol–water partition coefficient (Wildman–Crippen LogP) is 6.78. The summed E-state index contributed by atoms with van der Waals surface area (Å²) in [5.41, 5.74) is 11.7. The lowest BCUT2D eigenvalue weighted by Crippen LogP contribution is -2.03. The van der Waals surface area contributed by atoms with Crippen molar-refractivity contribution in [1.29, 1.82) is 0 Å². The third-order valence-corrected chi connectivity index (χ3v) is 6.25. The van der Waals surface area contributed by atoms with Crippen molar-refractivity contribution in [2.75, 3.05) is 0 Å². The summed E-state index contributed by atoms with van der Waals surface area (Å²) < 4.78 is 0. The van der Waals surface area contributed by atoms with Gasteiger partial charge in [-0.05, 0) is 95.9 Å². The molecule has 0 heterocycles. The number of hydrogen-bond donors (Lipinski definition) is 0. The zero-order valence-electron chi connectivity index (χ0n) is 15.4. The van der Waals surface area contributed by atoms with E-state index in [-0.39, 0.29) is 0 Å². The van der Waals surface area contributed by atoms with Gasteiger partial charge in [-0.3, -0.25) is 0 Å². The van der Waals surface area contributed by atoms with E-state index in [9.17, 15) is 0 Å². The highest BCUT2D eigenvalue weighted by atomic mass is 14.2. The van der Waals surface area contributed by atoms with Gasteiger partial charge in [-0.15, -0.1) is 0 Å². The predicted molar refractivity (Wildman–Crippen MR) is 111 cm³/mol. The zero-order chi connectivity index (χ0) is 17.3. The Labute approximate surface area is 156 Å². The second-order valence-corrected chi connectivity index (χ2v) is 7.93. The summed E-state index contributed by atoms with van der Waals surface area (Å²) in [7, 11) is 0. The summed E-state index contributed by atoms with van der Waals surface area (Å²) in [5.74, 6) is 0. The Morgan fingerprint density at radius 1 is 0.423 bits per heavy atom.